The molecule has 0 aliphatic rings. The molecule has 0 aromatic heterocycles. The third kappa shape index (κ3) is 5.41. The second-order valence-corrected chi connectivity index (χ2v) is 6.66. The molecular weight excluding hydrogens is 396 g/mol. The molecule has 0 radical (unpaired) electrons. The molecule has 2 amide bonds. The molecule has 1 atom stereocenters. The van der Waals surface area contributed by atoms with Crippen LogP contribution < -0.4 is 10.6 Å². The van der Waals surface area contributed by atoms with Gasteiger partial charge in [0, 0.05) is 10.2 Å². The molecule has 0 heterocycles. The predicted molar refractivity (Wildman–Crippen MR) is 105 cm³/mol. The van der Waals surface area contributed by atoms with Crippen LogP contribution in [0.4, 0.5) is 11.4 Å². The number of halogens is 1. The van der Waals surface area contributed by atoms with Crippen molar-refractivity contribution in [2.75, 3.05) is 24.2 Å². The number of hydrogen-bond acceptors (Lipinski definition) is 4. The van der Waals surface area contributed by atoms with Crippen LogP contribution in [-0.4, -0.2) is 36.3 Å². The van der Waals surface area contributed by atoms with Crippen molar-refractivity contribution in [3.63, 3.8) is 0 Å². The van der Waals surface area contributed by atoms with Crippen LogP contribution in [0.2, 0.25) is 0 Å². The summed E-state index contributed by atoms with van der Waals surface area (Å²) in [6, 6.07) is 15.5. The highest BCUT2D eigenvalue weighted by atomic mass is 79.9. The second kappa shape index (κ2) is 9.13. The molecule has 2 rings (SSSR count). The molecule has 0 aliphatic heterocycles. The quantitative estimate of drug-likeness (QED) is 0.759. The van der Waals surface area contributed by atoms with Crippen molar-refractivity contribution in [3.05, 3.63) is 58.6 Å². The van der Waals surface area contributed by atoms with Gasteiger partial charge >= 0.3 is 0 Å². The SMILES string of the molecule is C[C@@H](C(=O)Nc1cccc(C#N)c1)N(C)CC(=O)Nc1ccccc1Br. The van der Waals surface area contributed by atoms with Crippen LogP contribution in [0.15, 0.2) is 53.0 Å². The topological polar surface area (TPSA) is 85.2 Å². The third-order valence-corrected chi connectivity index (χ3v) is 4.53. The van der Waals surface area contributed by atoms with Crippen LogP contribution >= 0.6 is 15.9 Å². The molecule has 2 aromatic carbocycles. The summed E-state index contributed by atoms with van der Waals surface area (Å²) in [6.07, 6.45) is 0. The molecule has 2 aromatic rings. The lowest BCUT2D eigenvalue weighted by molar-refractivity contribution is -0.122. The Bertz CT molecular complexity index is 847. The summed E-state index contributed by atoms with van der Waals surface area (Å²) in [6.45, 7) is 1.78. The minimum Gasteiger partial charge on any atom is -0.325 e. The van der Waals surface area contributed by atoms with Crippen LogP contribution in [0.3, 0.4) is 0 Å². The standard InChI is InChI=1S/C19H19BrN4O2/c1-13(19(26)22-15-7-5-6-14(10-15)11-21)24(2)12-18(25)23-17-9-4-3-8-16(17)20/h3-10,13H,12H2,1-2H3,(H,22,26)(H,23,25)/t13-/m0/s1. The Morgan fingerprint density at radius 1 is 1.19 bits per heavy atom. The first-order valence-electron chi connectivity index (χ1n) is 7.96. The van der Waals surface area contributed by atoms with Crippen molar-refractivity contribution in [2.45, 2.75) is 13.0 Å². The van der Waals surface area contributed by atoms with Gasteiger partial charge in [0.05, 0.1) is 29.9 Å². The fourth-order valence-corrected chi connectivity index (χ4v) is 2.61. The van der Waals surface area contributed by atoms with E-state index < -0.39 is 6.04 Å². The molecule has 0 spiro atoms. The van der Waals surface area contributed by atoms with Crippen LogP contribution in [0.25, 0.3) is 0 Å². The van der Waals surface area contributed by atoms with E-state index in [9.17, 15) is 9.59 Å². The number of rotatable bonds is 6. The number of carbonyl (C=O) groups is 2. The zero-order chi connectivity index (χ0) is 19.1. The van der Waals surface area contributed by atoms with E-state index in [2.05, 4.69) is 26.6 Å². The summed E-state index contributed by atoms with van der Waals surface area (Å²) in [5.41, 5.74) is 1.69. The van der Waals surface area contributed by atoms with Crippen molar-refractivity contribution in [1.29, 1.82) is 5.26 Å². The Balaban J connectivity index is 1.92. The Labute approximate surface area is 160 Å². The van der Waals surface area contributed by atoms with E-state index in [0.717, 1.165) is 4.47 Å². The van der Waals surface area contributed by atoms with E-state index in [1.165, 1.54) is 0 Å². The number of amides is 2. The molecule has 0 saturated carbocycles. The van der Waals surface area contributed by atoms with Gasteiger partial charge in [-0.2, -0.15) is 5.26 Å². The highest BCUT2D eigenvalue weighted by molar-refractivity contribution is 9.10. The number of benzene rings is 2. The predicted octanol–water partition coefficient (Wildman–Crippen LogP) is 3.22. The summed E-state index contributed by atoms with van der Waals surface area (Å²) in [5.74, 6) is -0.471. The van der Waals surface area contributed by atoms with E-state index in [1.54, 1.807) is 49.2 Å². The van der Waals surface area contributed by atoms with Crippen LogP contribution in [0.1, 0.15) is 12.5 Å². The molecule has 7 heteroatoms. The number of anilines is 2. The lowest BCUT2D eigenvalue weighted by Gasteiger charge is -2.23. The average molecular weight is 415 g/mol. The molecule has 6 nitrogen and oxygen atoms in total. The Morgan fingerprint density at radius 3 is 2.62 bits per heavy atom. The highest BCUT2D eigenvalue weighted by Crippen LogP contribution is 2.21. The van der Waals surface area contributed by atoms with Crippen LogP contribution in [-0.2, 0) is 9.59 Å². The maximum absolute atomic E-state index is 12.4. The first kappa shape index (κ1) is 19.6. The lowest BCUT2D eigenvalue weighted by atomic mass is 10.2. The zero-order valence-corrected chi connectivity index (χ0v) is 16.1. The summed E-state index contributed by atoms with van der Waals surface area (Å²) in [7, 11) is 1.70. The zero-order valence-electron chi connectivity index (χ0n) is 14.5. The molecule has 0 fully saturated rings. The van der Waals surface area contributed by atoms with Gasteiger partial charge in [-0.1, -0.05) is 18.2 Å². The molecular formula is C19H19BrN4O2. The van der Waals surface area contributed by atoms with Gasteiger partial charge < -0.3 is 10.6 Å². The van der Waals surface area contributed by atoms with E-state index in [0.29, 0.717) is 16.9 Å². The minimum absolute atomic E-state index is 0.0636. The van der Waals surface area contributed by atoms with Crippen molar-refractivity contribution >= 4 is 39.1 Å². The maximum Gasteiger partial charge on any atom is 0.241 e. The maximum atomic E-state index is 12.4. The molecule has 0 aliphatic carbocycles. The minimum atomic E-state index is -0.522. The van der Waals surface area contributed by atoms with Gasteiger partial charge in [-0.15, -0.1) is 0 Å². The number of likely N-dealkylation sites (N-methyl/N-ethyl adjacent to an activating group) is 1. The van der Waals surface area contributed by atoms with Gasteiger partial charge in [0.2, 0.25) is 11.8 Å². The second-order valence-electron chi connectivity index (χ2n) is 5.80. The number of nitriles is 1. The summed E-state index contributed by atoms with van der Waals surface area (Å²) >= 11 is 3.38. The van der Waals surface area contributed by atoms with Crippen molar-refractivity contribution in [1.82, 2.24) is 4.90 Å². The van der Waals surface area contributed by atoms with Crippen molar-refractivity contribution < 1.29 is 9.59 Å². The fraction of sp³-hybridized carbons (Fsp3) is 0.211. The third-order valence-electron chi connectivity index (χ3n) is 3.84. The molecule has 2 N–H and O–H groups in total. The van der Waals surface area contributed by atoms with E-state index in [1.807, 2.05) is 24.3 Å². The van der Waals surface area contributed by atoms with E-state index in [4.69, 9.17) is 5.26 Å². The number of hydrogen-bond donors (Lipinski definition) is 2. The Morgan fingerprint density at radius 2 is 1.92 bits per heavy atom. The van der Waals surface area contributed by atoms with Crippen LogP contribution in [0.5, 0.6) is 0 Å². The van der Waals surface area contributed by atoms with Gasteiger partial charge in [-0.3, -0.25) is 14.5 Å². The van der Waals surface area contributed by atoms with E-state index >= 15 is 0 Å². The Hall–Kier alpha value is -2.69. The largest absolute Gasteiger partial charge is 0.325 e. The van der Waals surface area contributed by atoms with Crippen molar-refractivity contribution in [2.24, 2.45) is 0 Å². The summed E-state index contributed by atoms with van der Waals surface area (Å²) in [4.78, 5) is 26.2. The number of nitrogens with zero attached hydrogens (tertiary/aromatic N) is 2. The number of carbonyl (C=O) groups excluding carboxylic acids is 2. The smallest absolute Gasteiger partial charge is 0.241 e. The molecule has 0 unspecified atom stereocenters. The van der Waals surface area contributed by atoms with Gasteiger partial charge in [-0.05, 0) is 60.2 Å². The van der Waals surface area contributed by atoms with Crippen LogP contribution in [0, 0.1) is 11.3 Å². The molecule has 26 heavy (non-hydrogen) atoms. The molecule has 0 saturated heterocycles. The average Bonchev–Trinajstić information content (AvgIpc) is 2.63. The molecule has 0 bridgehead atoms. The first-order chi connectivity index (χ1) is 12.4. The van der Waals surface area contributed by atoms with E-state index in [-0.39, 0.29) is 18.4 Å². The molecule has 134 valence electrons. The monoisotopic (exact) mass is 414 g/mol. The van der Waals surface area contributed by atoms with Gasteiger partial charge in [0.1, 0.15) is 0 Å². The van der Waals surface area contributed by atoms with Crippen molar-refractivity contribution in [3.8, 4) is 6.07 Å². The number of nitrogens with one attached hydrogen (secondary N) is 2. The summed E-state index contributed by atoms with van der Waals surface area (Å²) in [5, 5.41) is 14.5. The lowest BCUT2D eigenvalue weighted by Crippen LogP contribution is -2.43. The van der Waals surface area contributed by atoms with Gasteiger partial charge in [0.25, 0.3) is 0 Å². The Kier molecular flexibility index (Phi) is 6.89. The summed E-state index contributed by atoms with van der Waals surface area (Å²) < 4.78 is 0.791. The fourth-order valence-electron chi connectivity index (χ4n) is 2.23. The highest BCUT2D eigenvalue weighted by Gasteiger charge is 2.20. The van der Waals surface area contributed by atoms with Gasteiger partial charge in [0.15, 0.2) is 0 Å². The normalized spacial score (nSPS) is 11.5. The first-order valence-corrected chi connectivity index (χ1v) is 8.75. The number of para-hydroxylation sites is 1. The van der Waals surface area contributed by atoms with Gasteiger partial charge in [-0.25, -0.2) is 0 Å².